The Balaban J connectivity index is 1.62. The van der Waals surface area contributed by atoms with E-state index in [1.807, 2.05) is 0 Å². The monoisotopic (exact) mass is 343 g/mol. The van der Waals surface area contributed by atoms with E-state index >= 15 is 0 Å². The first-order valence-electron chi connectivity index (χ1n) is 10.6. The van der Waals surface area contributed by atoms with E-state index in [9.17, 15) is 5.11 Å². The van der Waals surface area contributed by atoms with Crippen molar-refractivity contribution < 1.29 is 5.11 Å². The molecule has 2 nitrogen and oxygen atoms in total. The number of rotatable bonds is 7. The lowest BCUT2D eigenvalue weighted by Gasteiger charge is -2.30. The van der Waals surface area contributed by atoms with E-state index in [2.05, 4.69) is 32.0 Å². The van der Waals surface area contributed by atoms with Crippen molar-refractivity contribution >= 4 is 0 Å². The molecular formula is C23H37NO. The van der Waals surface area contributed by atoms with Gasteiger partial charge in [-0.1, -0.05) is 57.7 Å². The van der Waals surface area contributed by atoms with Crippen LogP contribution < -0.4 is 5.73 Å². The standard InChI is InChI=1S/C23H37NO/c1-3-4-5-6-17(2)18-7-8-20-14-21(10-9-19(20)13-18)22-11-12-23(24,15-22)16-25/h9-10,14,17-18,22,25H,3-8,11-13,15-16,24H2,1-2H3/t17?,18-,22+,23-/m1/s1. The fraction of sp³-hybridized carbons (Fsp3) is 0.739. The number of fused-ring (bicyclic) bond motifs is 1. The highest BCUT2D eigenvalue weighted by Crippen LogP contribution is 2.41. The summed E-state index contributed by atoms with van der Waals surface area (Å²) in [4.78, 5) is 0. The van der Waals surface area contributed by atoms with Crippen molar-refractivity contribution in [3.63, 3.8) is 0 Å². The molecule has 1 fully saturated rings. The predicted molar refractivity (Wildman–Crippen MR) is 106 cm³/mol. The molecule has 2 aliphatic rings. The van der Waals surface area contributed by atoms with Crippen molar-refractivity contribution in [1.82, 2.24) is 0 Å². The van der Waals surface area contributed by atoms with Crippen LogP contribution in [0.15, 0.2) is 18.2 Å². The van der Waals surface area contributed by atoms with Gasteiger partial charge in [0, 0.05) is 5.54 Å². The van der Waals surface area contributed by atoms with Crippen molar-refractivity contribution in [2.75, 3.05) is 6.61 Å². The quantitative estimate of drug-likeness (QED) is 0.687. The first-order valence-corrected chi connectivity index (χ1v) is 10.6. The highest BCUT2D eigenvalue weighted by molar-refractivity contribution is 5.36. The minimum atomic E-state index is -0.348. The maximum absolute atomic E-state index is 9.52. The van der Waals surface area contributed by atoms with Gasteiger partial charge in [0.2, 0.25) is 0 Å². The Labute approximate surface area is 154 Å². The van der Waals surface area contributed by atoms with Crippen molar-refractivity contribution in [3.05, 3.63) is 34.9 Å². The largest absolute Gasteiger partial charge is 0.394 e. The molecule has 140 valence electrons. The van der Waals surface area contributed by atoms with E-state index in [-0.39, 0.29) is 12.1 Å². The van der Waals surface area contributed by atoms with Crippen LogP contribution in [-0.2, 0) is 12.8 Å². The van der Waals surface area contributed by atoms with Gasteiger partial charge in [0.05, 0.1) is 6.61 Å². The molecule has 0 heterocycles. The van der Waals surface area contributed by atoms with Gasteiger partial charge in [-0.3, -0.25) is 0 Å². The summed E-state index contributed by atoms with van der Waals surface area (Å²) in [6.45, 7) is 4.87. The first kappa shape index (κ1) is 18.9. The molecule has 0 aliphatic heterocycles. The summed E-state index contributed by atoms with van der Waals surface area (Å²) in [6, 6.07) is 7.20. The average molecular weight is 344 g/mol. The lowest BCUT2D eigenvalue weighted by atomic mass is 9.75. The van der Waals surface area contributed by atoms with E-state index in [0.717, 1.165) is 31.1 Å². The molecule has 0 spiro atoms. The molecule has 0 radical (unpaired) electrons. The Hall–Kier alpha value is -0.860. The van der Waals surface area contributed by atoms with Crippen LogP contribution in [0.3, 0.4) is 0 Å². The van der Waals surface area contributed by atoms with Crippen LogP contribution in [-0.4, -0.2) is 17.3 Å². The SMILES string of the molecule is CCCCCC(C)[C@@H]1CCc2cc([C@H]3CC[C@](N)(CO)C3)ccc2C1. The summed E-state index contributed by atoms with van der Waals surface area (Å²) in [5.74, 6) is 2.26. The van der Waals surface area contributed by atoms with Gasteiger partial charge in [-0.15, -0.1) is 0 Å². The normalized spacial score (nSPS) is 30.2. The van der Waals surface area contributed by atoms with Gasteiger partial charge >= 0.3 is 0 Å². The molecule has 1 aromatic rings. The van der Waals surface area contributed by atoms with Gasteiger partial charge in [-0.25, -0.2) is 0 Å². The summed E-state index contributed by atoms with van der Waals surface area (Å²) in [5, 5.41) is 9.52. The third kappa shape index (κ3) is 4.46. The summed E-state index contributed by atoms with van der Waals surface area (Å²) < 4.78 is 0. The van der Waals surface area contributed by atoms with Crippen LogP contribution in [0.4, 0.5) is 0 Å². The highest BCUT2D eigenvalue weighted by Gasteiger charge is 2.36. The Morgan fingerprint density at radius 1 is 1.24 bits per heavy atom. The number of unbranched alkanes of at least 4 members (excludes halogenated alkanes) is 2. The summed E-state index contributed by atoms with van der Waals surface area (Å²) in [7, 11) is 0. The number of benzene rings is 1. The molecule has 1 unspecified atom stereocenters. The van der Waals surface area contributed by atoms with Crippen LogP contribution in [0.25, 0.3) is 0 Å². The molecule has 0 aromatic heterocycles. The molecule has 0 saturated heterocycles. The molecule has 1 saturated carbocycles. The maximum atomic E-state index is 9.52. The van der Waals surface area contributed by atoms with Crippen molar-refractivity contribution in [2.45, 2.75) is 89.5 Å². The number of hydrogen-bond acceptors (Lipinski definition) is 2. The molecule has 3 N–H and O–H groups in total. The minimum Gasteiger partial charge on any atom is -0.394 e. The number of nitrogens with two attached hydrogens (primary N) is 1. The number of aryl methyl sites for hydroxylation is 1. The van der Waals surface area contributed by atoms with Gasteiger partial charge in [0.25, 0.3) is 0 Å². The summed E-state index contributed by atoms with van der Waals surface area (Å²) >= 11 is 0. The molecule has 2 heteroatoms. The lowest BCUT2D eigenvalue weighted by molar-refractivity contribution is 0.198. The number of aliphatic hydroxyl groups excluding tert-OH is 1. The van der Waals surface area contributed by atoms with E-state index < -0.39 is 0 Å². The van der Waals surface area contributed by atoms with E-state index in [1.54, 1.807) is 11.1 Å². The molecule has 4 atom stereocenters. The van der Waals surface area contributed by atoms with Gasteiger partial charge in [-0.05, 0) is 73.0 Å². The maximum Gasteiger partial charge on any atom is 0.0611 e. The number of hydrogen-bond donors (Lipinski definition) is 2. The molecule has 2 aliphatic carbocycles. The molecule has 1 aromatic carbocycles. The summed E-state index contributed by atoms with van der Waals surface area (Å²) in [6.07, 6.45) is 12.4. The predicted octanol–water partition coefficient (Wildman–Crippen LogP) is 4.97. The zero-order chi connectivity index (χ0) is 17.9. The second-order valence-corrected chi connectivity index (χ2v) is 8.96. The zero-order valence-electron chi connectivity index (χ0n) is 16.3. The fourth-order valence-electron chi connectivity index (χ4n) is 5.08. The Kier molecular flexibility index (Phi) is 6.22. The van der Waals surface area contributed by atoms with Gasteiger partial charge in [0.15, 0.2) is 0 Å². The molecule has 3 rings (SSSR count). The van der Waals surface area contributed by atoms with Crippen LogP contribution in [0.5, 0.6) is 0 Å². The smallest absolute Gasteiger partial charge is 0.0611 e. The van der Waals surface area contributed by atoms with E-state index in [1.165, 1.54) is 50.5 Å². The Bertz CT molecular complexity index is 569. The van der Waals surface area contributed by atoms with Gasteiger partial charge in [0.1, 0.15) is 0 Å². The van der Waals surface area contributed by atoms with Crippen molar-refractivity contribution in [1.29, 1.82) is 0 Å². The Morgan fingerprint density at radius 2 is 2.08 bits per heavy atom. The van der Waals surface area contributed by atoms with E-state index in [4.69, 9.17) is 5.73 Å². The highest BCUT2D eigenvalue weighted by atomic mass is 16.3. The summed E-state index contributed by atoms with van der Waals surface area (Å²) in [5.41, 5.74) is 10.5. The van der Waals surface area contributed by atoms with Crippen molar-refractivity contribution in [2.24, 2.45) is 17.6 Å². The Morgan fingerprint density at radius 3 is 2.80 bits per heavy atom. The molecular weight excluding hydrogens is 306 g/mol. The average Bonchev–Trinajstić information content (AvgIpc) is 3.04. The third-order valence-electron chi connectivity index (χ3n) is 6.99. The first-order chi connectivity index (χ1) is 12.0. The minimum absolute atomic E-state index is 0.117. The number of aliphatic hydroxyl groups is 1. The second kappa shape index (κ2) is 8.22. The van der Waals surface area contributed by atoms with Crippen molar-refractivity contribution in [3.8, 4) is 0 Å². The molecule has 0 amide bonds. The van der Waals surface area contributed by atoms with Crippen LogP contribution in [0, 0.1) is 11.8 Å². The molecule has 25 heavy (non-hydrogen) atoms. The van der Waals surface area contributed by atoms with E-state index in [0.29, 0.717) is 5.92 Å². The van der Waals surface area contributed by atoms with Crippen LogP contribution in [0.2, 0.25) is 0 Å². The lowest BCUT2D eigenvalue weighted by Crippen LogP contribution is -2.40. The third-order valence-corrected chi connectivity index (χ3v) is 6.99. The molecule has 0 bridgehead atoms. The fourth-order valence-corrected chi connectivity index (χ4v) is 5.08. The van der Waals surface area contributed by atoms with Gasteiger partial charge in [-0.2, -0.15) is 0 Å². The van der Waals surface area contributed by atoms with Crippen LogP contribution in [0.1, 0.15) is 87.8 Å². The second-order valence-electron chi connectivity index (χ2n) is 8.96. The topological polar surface area (TPSA) is 46.2 Å². The zero-order valence-corrected chi connectivity index (χ0v) is 16.3. The van der Waals surface area contributed by atoms with Gasteiger partial charge < -0.3 is 10.8 Å². The van der Waals surface area contributed by atoms with Crippen LogP contribution >= 0.6 is 0 Å².